The highest BCUT2D eigenvalue weighted by Gasteiger charge is 2.05. The topological polar surface area (TPSA) is 17.0 Å². The molecule has 0 spiro atoms. The first-order valence-corrected chi connectivity index (χ1v) is 8.10. The summed E-state index contributed by atoms with van der Waals surface area (Å²) in [6, 6.07) is 13.4. The van der Waals surface area contributed by atoms with Crippen molar-refractivity contribution in [3.05, 3.63) is 58.3 Å². The highest BCUT2D eigenvalue weighted by atomic mass is 79.9. The quantitative estimate of drug-likeness (QED) is 0.794. The van der Waals surface area contributed by atoms with Gasteiger partial charge in [0.2, 0.25) is 0 Å². The second-order valence-electron chi connectivity index (χ2n) is 5.31. The number of benzene rings is 1. The van der Waals surface area contributed by atoms with Crippen molar-refractivity contribution in [3.63, 3.8) is 0 Å². The lowest BCUT2D eigenvalue weighted by atomic mass is 10.1. The van der Waals surface area contributed by atoms with Crippen LogP contribution in [0.15, 0.2) is 47.1 Å². The molecular weight excluding hydrogens is 312 g/mol. The van der Waals surface area contributed by atoms with E-state index in [2.05, 4.69) is 82.3 Å². The van der Waals surface area contributed by atoms with Gasteiger partial charge >= 0.3 is 0 Å². The van der Waals surface area contributed by atoms with E-state index in [1.54, 1.807) is 0 Å². The number of hydrogen-bond donors (Lipinski definition) is 1. The fourth-order valence-corrected chi connectivity index (χ4v) is 2.66. The standard InChI is InChI=1S/C17H23BrN2/c1-3-10-20-11-4-5-17(20)13-19-14(2)12-15-6-8-16(18)9-7-15/h4-9,11,14,19H,3,10,12-13H2,1-2H3. The van der Waals surface area contributed by atoms with Crippen molar-refractivity contribution < 1.29 is 0 Å². The fourth-order valence-electron chi connectivity index (χ4n) is 2.39. The maximum atomic E-state index is 3.61. The van der Waals surface area contributed by atoms with E-state index >= 15 is 0 Å². The van der Waals surface area contributed by atoms with E-state index in [4.69, 9.17) is 0 Å². The number of nitrogens with one attached hydrogen (secondary N) is 1. The maximum absolute atomic E-state index is 3.61. The van der Waals surface area contributed by atoms with Gasteiger partial charge in [-0.25, -0.2) is 0 Å². The van der Waals surface area contributed by atoms with Crippen LogP contribution < -0.4 is 5.32 Å². The molecule has 2 rings (SSSR count). The van der Waals surface area contributed by atoms with Crippen LogP contribution in [0.4, 0.5) is 0 Å². The Kier molecular flexibility index (Phi) is 5.86. The van der Waals surface area contributed by atoms with Gasteiger partial charge in [-0.15, -0.1) is 0 Å². The lowest BCUT2D eigenvalue weighted by Gasteiger charge is -2.15. The van der Waals surface area contributed by atoms with Crippen LogP contribution in [0.2, 0.25) is 0 Å². The largest absolute Gasteiger partial charge is 0.350 e. The normalized spacial score (nSPS) is 12.6. The van der Waals surface area contributed by atoms with Crippen LogP contribution in [0.5, 0.6) is 0 Å². The summed E-state index contributed by atoms with van der Waals surface area (Å²) in [5, 5.41) is 3.61. The summed E-state index contributed by atoms with van der Waals surface area (Å²) >= 11 is 3.47. The Morgan fingerprint density at radius 1 is 1.20 bits per heavy atom. The van der Waals surface area contributed by atoms with E-state index in [0.29, 0.717) is 6.04 Å². The second-order valence-corrected chi connectivity index (χ2v) is 6.22. The molecule has 0 radical (unpaired) electrons. The van der Waals surface area contributed by atoms with Gasteiger partial charge < -0.3 is 9.88 Å². The van der Waals surface area contributed by atoms with Crippen LogP contribution in [0.3, 0.4) is 0 Å². The Hall–Kier alpha value is -1.06. The van der Waals surface area contributed by atoms with Crippen LogP contribution in [-0.4, -0.2) is 10.6 Å². The third-order valence-electron chi connectivity index (χ3n) is 3.47. The molecule has 2 aromatic rings. The molecule has 20 heavy (non-hydrogen) atoms. The van der Waals surface area contributed by atoms with Gasteiger partial charge in [-0.3, -0.25) is 0 Å². The monoisotopic (exact) mass is 334 g/mol. The van der Waals surface area contributed by atoms with Gasteiger partial charge in [0.05, 0.1) is 0 Å². The number of halogens is 1. The van der Waals surface area contributed by atoms with E-state index in [9.17, 15) is 0 Å². The molecule has 1 N–H and O–H groups in total. The minimum absolute atomic E-state index is 0.473. The molecule has 0 aliphatic heterocycles. The molecule has 1 atom stereocenters. The van der Waals surface area contributed by atoms with E-state index in [-0.39, 0.29) is 0 Å². The summed E-state index contributed by atoms with van der Waals surface area (Å²) < 4.78 is 3.47. The van der Waals surface area contributed by atoms with E-state index < -0.39 is 0 Å². The zero-order chi connectivity index (χ0) is 14.4. The molecule has 0 saturated heterocycles. The van der Waals surface area contributed by atoms with Crippen molar-refractivity contribution in [2.24, 2.45) is 0 Å². The first-order chi connectivity index (χ1) is 9.69. The third kappa shape index (κ3) is 4.50. The van der Waals surface area contributed by atoms with Crippen LogP contribution in [0.1, 0.15) is 31.5 Å². The van der Waals surface area contributed by atoms with Crippen molar-refractivity contribution >= 4 is 15.9 Å². The molecule has 0 fully saturated rings. The number of hydrogen-bond acceptors (Lipinski definition) is 1. The number of rotatable bonds is 7. The molecule has 2 nitrogen and oxygen atoms in total. The van der Waals surface area contributed by atoms with Gasteiger partial charge in [-0.2, -0.15) is 0 Å². The molecule has 0 saturated carbocycles. The smallest absolute Gasteiger partial charge is 0.0361 e. The van der Waals surface area contributed by atoms with Crippen molar-refractivity contribution in [1.29, 1.82) is 0 Å². The molecule has 108 valence electrons. The van der Waals surface area contributed by atoms with Gasteiger partial charge in [0, 0.05) is 35.5 Å². The molecule has 0 bridgehead atoms. The molecule has 1 aromatic heterocycles. The molecule has 1 heterocycles. The van der Waals surface area contributed by atoms with Crippen molar-refractivity contribution in [1.82, 2.24) is 9.88 Å². The molecular formula is C17H23BrN2. The van der Waals surface area contributed by atoms with Gasteiger partial charge in [0.25, 0.3) is 0 Å². The predicted molar refractivity (Wildman–Crippen MR) is 88.9 cm³/mol. The highest BCUT2D eigenvalue weighted by Crippen LogP contribution is 2.12. The molecule has 0 aliphatic rings. The van der Waals surface area contributed by atoms with Crippen molar-refractivity contribution in [2.45, 2.75) is 45.8 Å². The third-order valence-corrected chi connectivity index (χ3v) is 4.00. The highest BCUT2D eigenvalue weighted by molar-refractivity contribution is 9.10. The Bertz CT molecular complexity index is 516. The van der Waals surface area contributed by atoms with Crippen LogP contribution in [0, 0.1) is 0 Å². The van der Waals surface area contributed by atoms with Gasteiger partial charge in [-0.05, 0) is 49.6 Å². The lowest BCUT2D eigenvalue weighted by molar-refractivity contribution is 0.521. The predicted octanol–water partition coefficient (Wildman–Crippen LogP) is 4.38. The second kappa shape index (κ2) is 7.65. The zero-order valence-corrected chi connectivity index (χ0v) is 13.9. The van der Waals surface area contributed by atoms with Crippen LogP contribution >= 0.6 is 15.9 Å². The maximum Gasteiger partial charge on any atom is 0.0361 e. The molecule has 1 unspecified atom stereocenters. The summed E-state index contributed by atoms with van der Waals surface area (Å²) in [5.41, 5.74) is 2.74. The number of aromatic nitrogens is 1. The zero-order valence-electron chi connectivity index (χ0n) is 12.3. The molecule has 1 aromatic carbocycles. The van der Waals surface area contributed by atoms with E-state index in [0.717, 1.165) is 24.0 Å². The van der Waals surface area contributed by atoms with Crippen molar-refractivity contribution in [3.8, 4) is 0 Å². The summed E-state index contributed by atoms with van der Waals surface area (Å²) in [5.74, 6) is 0. The van der Waals surface area contributed by atoms with Crippen molar-refractivity contribution in [2.75, 3.05) is 0 Å². The SMILES string of the molecule is CCCn1cccc1CNC(C)Cc1ccc(Br)cc1. The Labute approximate surface area is 130 Å². The fraction of sp³-hybridized carbons (Fsp3) is 0.412. The van der Waals surface area contributed by atoms with Gasteiger partial charge in [0.1, 0.15) is 0 Å². The lowest BCUT2D eigenvalue weighted by Crippen LogP contribution is -2.28. The molecule has 0 amide bonds. The van der Waals surface area contributed by atoms with E-state index in [1.807, 2.05) is 0 Å². The van der Waals surface area contributed by atoms with Crippen LogP contribution in [-0.2, 0) is 19.5 Å². The molecule has 3 heteroatoms. The number of aryl methyl sites for hydroxylation is 1. The van der Waals surface area contributed by atoms with Crippen LogP contribution in [0.25, 0.3) is 0 Å². The summed E-state index contributed by atoms with van der Waals surface area (Å²) in [7, 11) is 0. The first kappa shape index (κ1) is 15.3. The molecule has 0 aliphatic carbocycles. The summed E-state index contributed by atoms with van der Waals surface area (Å²) in [4.78, 5) is 0. The van der Waals surface area contributed by atoms with E-state index in [1.165, 1.54) is 17.7 Å². The van der Waals surface area contributed by atoms with Gasteiger partial charge in [-0.1, -0.05) is 35.0 Å². The minimum Gasteiger partial charge on any atom is -0.350 e. The first-order valence-electron chi connectivity index (χ1n) is 7.31. The number of nitrogens with zero attached hydrogens (tertiary/aromatic N) is 1. The van der Waals surface area contributed by atoms with Gasteiger partial charge in [0.15, 0.2) is 0 Å². The average molecular weight is 335 g/mol. The Morgan fingerprint density at radius 3 is 2.65 bits per heavy atom. The Balaban J connectivity index is 1.84. The summed E-state index contributed by atoms with van der Waals surface area (Å²) in [6.07, 6.45) is 4.40. The minimum atomic E-state index is 0.473. The summed E-state index contributed by atoms with van der Waals surface area (Å²) in [6.45, 7) is 6.50. The average Bonchev–Trinajstić information content (AvgIpc) is 2.87. The Morgan fingerprint density at radius 2 is 1.95 bits per heavy atom.